The molecule has 2 rings (SSSR count). The second kappa shape index (κ2) is 5.88. The predicted molar refractivity (Wildman–Crippen MR) is 85.3 cm³/mol. The van der Waals surface area contributed by atoms with Gasteiger partial charge in [-0.05, 0) is 48.1 Å². The first-order valence-corrected chi connectivity index (χ1v) is 6.97. The molecule has 0 aliphatic carbocycles. The number of hydrogen-bond acceptors (Lipinski definition) is 0. The molecule has 0 aromatic heterocycles. The molecular weight excluding hydrogens is 228 g/mol. The van der Waals surface area contributed by atoms with Gasteiger partial charge >= 0.3 is 0 Å². The Hall–Kier alpha value is -1.82. The van der Waals surface area contributed by atoms with Crippen LogP contribution < -0.4 is 0 Å². The first-order valence-electron chi connectivity index (χ1n) is 6.97. The van der Waals surface area contributed by atoms with Gasteiger partial charge in [0.05, 0.1) is 0 Å². The van der Waals surface area contributed by atoms with Crippen LogP contribution in [0.2, 0.25) is 0 Å². The van der Waals surface area contributed by atoms with Crippen LogP contribution in [0, 0.1) is 13.8 Å². The normalized spacial score (nSPS) is 10.5. The largest absolute Gasteiger partial charge is 0.0952 e. The summed E-state index contributed by atoms with van der Waals surface area (Å²) < 4.78 is 0. The molecule has 0 nitrogen and oxygen atoms in total. The Morgan fingerprint density at radius 2 is 1.84 bits per heavy atom. The summed E-state index contributed by atoms with van der Waals surface area (Å²) in [5, 5.41) is 0. The maximum Gasteiger partial charge on any atom is -0.0154 e. The first kappa shape index (κ1) is 13.6. The molecule has 0 aliphatic heterocycles. The monoisotopic (exact) mass is 250 g/mol. The van der Waals surface area contributed by atoms with Crippen LogP contribution in [-0.2, 0) is 0 Å². The van der Waals surface area contributed by atoms with Crippen molar-refractivity contribution >= 4 is 5.57 Å². The van der Waals surface area contributed by atoms with E-state index in [2.05, 4.69) is 69.8 Å². The lowest BCUT2D eigenvalue weighted by Gasteiger charge is -2.11. The molecule has 98 valence electrons. The van der Waals surface area contributed by atoms with Crippen LogP contribution >= 0.6 is 0 Å². The van der Waals surface area contributed by atoms with Gasteiger partial charge in [-0.2, -0.15) is 0 Å². The van der Waals surface area contributed by atoms with Crippen LogP contribution in [0.25, 0.3) is 16.7 Å². The van der Waals surface area contributed by atoms with Crippen molar-refractivity contribution in [1.82, 2.24) is 0 Å². The average molecular weight is 250 g/mol. The third-order valence-electron chi connectivity index (χ3n) is 3.52. The van der Waals surface area contributed by atoms with E-state index < -0.39 is 0 Å². The summed E-state index contributed by atoms with van der Waals surface area (Å²) in [6.07, 6.45) is 2.22. The summed E-state index contributed by atoms with van der Waals surface area (Å²) >= 11 is 0. The highest BCUT2D eigenvalue weighted by molar-refractivity contribution is 5.72. The molecule has 0 amide bonds. The van der Waals surface area contributed by atoms with Gasteiger partial charge in [0, 0.05) is 0 Å². The zero-order chi connectivity index (χ0) is 13.8. The van der Waals surface area contributed by atoms with Gasteiger partial charge in [-0.3, -0.25) is 0 Å². The fourth-order valence-electron chi connectivity index (χ4n) is 2.47. The van der Waals surface area contributed by atoms with Crippen molar-refractivity contribution in [3.8, 4) is 11.1 Å². The highest BCUT2D eigenvalue weighted by Crippen LogP contribution is 2.28. The van der Waals surface area contributed by atoms with Gasteiger partial charge in [0.1, 0.15) is 0 Å². The van der Waals surface area contributed by atoms with E-state index in [0.717, 1.165) is 12.8 Å². The smallest absolute Gasteiger partial charge is 0.0154 e. The van der Waals surface area contributed by atoms with Gasteiger partial charge in [0.15, 0.2) is 0 Å². The van der Waals surface area contributed by atoms with Crippen LogP contribution in [0.5, 0.6) is 0 Å². The van der Waals surface area contributed by atoms with E-state index in [0.29, 0.717) is 0 Å². The molecule has 0 saturated heterocycles. The lowest BCUT2D eigenvalue weighted by atomic mass is 9.94. The molecule has 0 heteroatoms. The lowest BCUT2D eigenvalue weighted by molar-refractivity contribution is 0.975. The molecule has 19 heavy (non-hydrogen) atoms. The van der Waals surface area contributed by atoms with Crippen molar-refractivity contribution in [1.29, 1.82) is 0 Å². The SMILES string of the molecule is C=C(CCC)c1ccc(-c2cccc(C)c2)c(C)c1. The Balaban J connectivity index is 2.37. The molecule has 0 saturated carbocycles. The van der Waals surface area contributed by atoms with Crippen LogP contribution in [0.4, 0.5) is 0 Å². The third kappa shape index (κ3) is 3.14. The van der Waals surface area contributed by atoms with Gasteiger partial charge < -0.3 is 0 Å². The Morgan fingerprint density at radius 1 is 1.05 bits per heavy atom. The molecule has 0 atom stereocenters. The minimum atomic E-state index is 1.07. The molecule has 2 aromatic rings. The van der Waals surface area contributed by atoms with Crippen molar-refractivity contribution in [3.63, 3.8) is 0 Å². The summed E-state index contributed by atoms with van der Waals surface area (Å²) in [5.41, 5.74) is 7.75. The molecule has 0 radical (unpaired) electrons. The first-order chi connectivity index (χ1) is 9.11. The molecule has 0 aliphatic rings. The van der Waals surface area contributed by atoms with Crippen molar-refractivity contribution in [2.45, 2.75) is 33.6 Å². The molecule has 2 aromatic carbocycles. The van der Waals surface area contributed by atoms with E-state index in [1.54, 1.807) is 0 Å². The molecule has 0 heterocycles. The Bertz CT molecular complexity index is 591. The van der Waals surface area contributed by atoms with E-state index >= 15 is 0 Å². The average Bonchev–Trinajstić information content (AvgIpc) is 2.38. The number of allylic oxidation sites excluding steroid dienone is 1. The number of hydrogen-bond donors (Lipinski definition) is 0. The van der Waals surface area contributed by atoms with Crippen LogP contribution in [0.1, 0.15) is 36.5 Å². The fourth-order valence-corrected chi connectivity index (χ4v) is 2.47. The lowest BCUT2D eigenvalue weighted by Crippen LogP contribution is -1.88. The quantitative estimate of drug-likeness (QED) is 0.645. The van der Waals surface area contributed by atoms with Crippen LogP contribution in [0.15, 0.2) is 49.0 Å². The molecule has 0 N–H and O–H groups in total. The zero-order valence-electron chi connectivity index (χ0n) is 12.2. The number of benzene rings is 2. The summed E-state index contributed by atoms with van der Waals surface area (Å²) in [7, 11) is 0. The standard InChI is InChI=1S/C19H22/c1-5-7-15(3)17-10-11-19(16(4)13-17)18-9-6-8-14(2)12-18/h6,8-13H,3,5,7H2,1-2,4H3. The maximum atomic E-state index is 4.17. The van der Waals surface area contributed by atoms with E-state index in [1.165, 1.54) is 33.4 Å². The van der Waals surface area contributed by atoms with Gasteiger partial charge in [-0.15, -0.1) is 0 Å². The second-order valence-corrected chi connectivity index (χ2v) is 5.25. The predicted octanol–water partition coefficient (Wildman–Crippen LogP) is 5.78. The molecular formula is C19H22. The molecule has 0 bridgehead atoms. The molecule has 0 fully saturated rings. The van der Waals surface area contributed by atoms with E-state index in [9.17, 15) is 0 Å². The minimum Gasteiger partial charge on any atom is -0.0952 e. The molecule has 0 spiro atoms. The summed E-state index contributed by atoms with van der Waals surface area (Å²) in [6.45, 7) is 10.7. The topological polar surface area (TPSA) is 0 Å². The molecule has 0 unspecified atom stereocenters. The second-order valence-electron chi connectivity index (χ2n) is 5.25. The van der Waals surface area contributed by atoms with Crippen LogP contribution in [0.3, 0.4) is 0 Å². The summed E-state index contributed by atoms with van der Waals surface area (Å²) in [4.78, 5) is 0. The van der Waals surface area contributed by atoms with Crippen molar-refractivity contribution in [3.05, 3.63) is 65.7 Å². The van der Waals surface area contributed by atoms with Gasteiger partial charge in [0.25, 0.3) is 0 Å². The van der Waals surface area contributed by atoms with Crippen molar-refractivity contribution in [2.24, 2.45) is 0 Å². The number of aryl methyl sites for hydroxylation is 2. The maximum absolute atomic E-state index is 4.17. The third-order valence-corrected chi connectivity index (χ3v) is 3.52. The van der Waals surface area contributed by atoms with Crippen molar-refractivity contribution < 1.29 is 0 Å². The summed E-state index contributed by atoms with van der Waals surface area (Å²) in [6, 6.07) is 15.3. The highest BCUT2D eigenvalue weighted by Gasteiger charge is 2.05. The number of rotatable bonds is 4. The minimum absolute atomic E-state index is 1.07. The highest BCUT2D eigenvalue weighted by atomic mass is 14.1. The Kier molecular flexibility index (Phi) is 4.21. The van der Waals surface area contributed by atoms with E-state index in [1.807, 2.05) is 0 Å². The van der Waals surface area contributed by atoms with Gasteiger partial charge in [-0.1, -0.05) is 68.0 Å². The van der Waals surface area contributed by atoms with E-state index in [-0.39, 0.29) is 0 Å². The van der Waals surface area contributed by atoms with E-state index in [4.69, 9.17) is 0 Å². The Labute approximate surface area is 116 Å². The van der Waals surface area contributed by atoms with Crippen molar-refractivity contribution in [2.75, 3.05) is 0 Å². The zero-order valence-corrected chi connectivity index (χ0v) is 12.2. The Morgan fingerprint density at radius 3 is 2.47 bits per heavy atom. The van der Waals surface area contributed by atoms with Crippen LogP contribution in [-0.4, -0.2) is 0 Å². The van der Waals surface area contributed by atoms with Gasteiger partial charge in [-0.25, -0.2) is 0 Å². The van der Waals surface area contributed by atoms with Gasteiger partial charge in [0.2, 0.25) is 0 Å². The summed E-state index contributed by atoms with van der Waals surface area (Å²) in [5.74, 6) is 0. The fraction of sp³-hybridized carbons (Fsp3) is 0.263.